The lowest BCUT2D eigenvalue weighted by Crippen LogP contribution is -2.17. The van der Waals surface area contributed by atoms with Gasteiger partial charge in [0.25, 0.3) is 0 Å². The van der Waals surface area contributed by atoms with Gasteiger partial charge in [-0.15, -0.1) is 0 Å². The van der Waals surface area contributed by atoms with Crippen molar-refractivity contribution in [1.82, 2.24) is 5.32 Å². The third-order valence-corrected chi connectivity index (χ3v) is 4.82. The summed E-state index contributed by atoms with van der Waals surface area (Å²) in [5.41, 5.74) is 0.807. The Bertz CT molecular complexity index is 614. The molecule has 0 spiro atoms. The minimum atomic E-state index is -3.34. The summed E-state index contributed by atoms with van der Waals surface area (Å²) in [7, 11) is -3.34. The van der Waals surface area contributed by atoms with E-state index in [1.807, 2.05) is 0 Å². The summed E-state index contributed by atoms with van der Waals surface area (Å²) in [6, 6.07) is 4.61. The second-order valence-corrected chi connectivity index (χ2v) is 7.09. The molecule has 0 aromatic heterocycles. The van der Waals surface area contributed by atoms with E-state index in [0.717, 1.165) is 11.8 Å². The van der Waals surface area contributed by atoms with Crippen LogP contribution in [0.5, 0.6) is 0 Å². The fraction of sp³-hybridized carbons (Fsp3) is 0.417. The fourth-order valence-corrected chi connectivity index (χ4v) is 3.55. The van der Waals surface area contributed by atoms with Crippen LogP contribution in [0.1, 0.15) is 18.0 Å². The summed E-state index contributed by atoms with van der Waals surface area (Å²) in [4.78, 5) is 11.0. The Hall–Kier alpha value is -1.11. The van der Waals surface area contributed by atoms with Gasteiger partial charge < -0.3 is 10.4 Å². The number of nitrogens with one attached hydrogen (secondary N) is 1. The summed E-state index contributed by atoms with van der Waals surface area (Å²) in [6.45, 7) is 0.408. The highest BCUT2D eigenvalue weighted by molar-refractivity contribution is 7.90. The van der Waals surface area contributed by atoms with E-state index in [2.05, 4.69) is 5.32 Å². The average Bonchev–Trinajstić information content (AvgIpc) is 2.76. The van der Waals surface area contributed by atoms with E-state index in [1.54, 1.807) is 12.1 Å². The molecule has 1 aromatic rings. The fourth-order valence-electron chi connectivity index (χ4n) is 2.21. The molecular weight excluding hydrogens is 290 g/mol. The lowest BCUT2D eigenvalue weighted by Gasteiger charge is -2.12. The van der Waals surface area contributed by atoms with Gasteiger partial charge in [-0.05, 0) is 24.1 Å². The van der Waals surface area contributed by atoms with Crippen LogP contribution in [-0.4, -0.2) is 32.3 Å². The number of rotatable bonds is 3. The van der Waals surface area contributed by atoms with Crippen LogP contribution >= 0.6 is 11.6 Å². The molecule has 2 atom stereocenters. The number of sulfone groups is 1. The van der Waals surface area contributed by atoms with E-state index in [0.29, 0.717) is 13.0 Å². The molecule has 0 radical (unpaired) electrons. The number of carbonyl (C=O) groups is 1. The van der Waals surface area contributed by atoms with Gasteiger partial charge in [0.05, 0.1) is 15.8 Å². The summed E-state index contributed by atoms with van der Waals surface area (Å²) in [6.07, 6.45) is 1.58. The maximum Gasteiger partial charge on any atom is 0.307 e. The molecule has 1 aromatic carbocycles. The van der Waals surface area contributed by atoms with Crippen molar-refractivity contribution in [1.29, 1.82) is 0 Å². The Labute approximate surface area is 116 Å². The first-order valence-electron chi connectivity index (χ1n) is 5.74. The molecule has 0 amide bonds. The Kier molecular flexibility index (Phi) is 3.85. The van der Waals surface area contributed by atoms with Gasteiger partial charge in [-0.2, -0.15) is 0 Å². The van der Waals surface area contributed by atoms with Gasteiger partial charge >= 0.3 is 5.97 Å². The second kappa shape index (κ2) is 5.11. The Morgan fingerprint density at radius 1 is 1.47 bits per heavy atom. The molecule has 19 heavy (non-hydrogen) atoms. The standard InChI is InChI=1S/C12H14ClNO4S/c1-19(17,18)11-3-2-7(4-9(11)13)10-5-8(6-14-10)12(15)16/h2-4,8,10,14H,5-6H2,1H3,(H,15,16). The SMILES string of the molecule is CS(=O)(=O)c1ccc(C2CC(C(=O)O)CN2)cc1Cl. The Morgan fingerprint density at radius 3 is 2.63 bits per heavy atom. The van der Waals surface area contributed by atoms with Crippen LogP contribution in [0.2, 0.25) is 5.02 Å². The highest BCUT2D eigenvalue weighted by Gasteiger charge is 2.30. The lowest BCUT2D eigenvalue weighted by molar-refractivity contribution is -0.141. The van der Waals surface area contributed by atoms with E-state index in [4.69, 9.17) is 16.7 Å². The highest BCUT2D eigenvalue weighted by Crippen LogP contribution is 2.31. The molecule has 0 aliphatic carbocycles. The number of halogens is 1. The van der Waals surface area contributed by atoms with Crippen LogP contribution in [0.3, 0.4) is 0 Å². The predicted octanol–water partition coefficient (Wildman–Crippen LogP) is 1.48. The van der Waals surface area contributed by atoms with Gasteiger partial charge in [-0.3, -0.25) is 4.79 Å². The first kappa shape index (κ1) is 14.3. The number of benzene rings is 1. The highest BCUT2D eigenvalue weighted by atomic mass is 35.5. The normalized spacial score (nSPS) is 23.5. The van der Waals surface area contributed by atoms with Crippen molar-refractivity contribution in [3.05, 3.63) is 28.8 Å². The summed E-state index contributed by atoms with van der Waals surface area (Å²) in [5.74, 6) is -1.24. The molecule has 1 heterocycles. The molecule has 0 bridgehead atoms. The Morgan fingerprint density at radius 2 is 2.16 bits per heavy atom. The van der Waals surface area contributed by atoms with Crippen molar-refractivity contribution in [3.63, 3.8) is 0 Å². The number of carboxylic acid groups (broad SMARTS) is 1. The van der Waals surface area contributed by atoms with Crippen molar-refractivity contribution in [3.8, 4) is 0 Å². The molecule has 2 N–H and O–H groups in total. The number of aliphatic carboxylic acids is 1. The first-order valence-corrected chi connectivity index (χ1v) is 8.01. The Balaban J connectivity index is 2.25. The van der Waals surface area contributed by atoms with Crippen LogP contribution in [0.25, 0.3) is 0 Å². The van der Waals surface area contributed by atoms with Gasteiger partial charge in [0.1, 0.15) is 0 Å². The molecule has 5 nitrogen and oxygen atoms in total. The minimum Gasteiger partial charge on any atom is -0.481 e. The molecule has 1 aliphatic rings. The van der Waals surface area contributed by atoms with Crippen LogP contribution in [-0.2, 0) is 14.6 Å². The zero-order chi connectivity index (χ0) is 14.2. The summed E-state index contributed by atoms with van der Waals surface area (Å²) < 4.78 is 22.9. The molecule has 1 fully saturated rings. The van der Waals surface area contributed by atoms with Crippen molar-refractivity contribution in [2.75, 3.05) is 12.8 Å². The second-order valence-electron chi connectivity index (χ2n) is 4.69. The molecular formula is C12H14ClNO4S. The van der Waals surface area contributed by atoms with Crippen LogP contribution < -0.4 is 5.32 Å². The van der Waals surface area contributed by atoms with Gasteiger partial charge in [0.15, 0.2) is 9.84 Å². The van der Waals surface area contributed by atoms with Crippen LogP contribution in [0, 0.1) is 5.92 Å². The van der Waals surface area contributed by atoms with E-state index in [1.165, 1.54) is 6.07 Å². The zero-order valence-corrected chi connectivity index (χ0v) is 11.8. The van der Waals surface area contributed by atoms with Crippen molar-refractivity contribution < 1.29 is 18.3 Å². The number of hydrogen-bond donors (Lipinski definition) is 2. The quantitative estimate of drug-likeness (QED) is 0.883. The molecule has 1 aliphatic heterocycles. The van der Waals surface area contributed by atoms with Crippen molar-refractivity contribution in [2.45, 2.75) is 17.4 Å². The van der Waals surface area contributed by atoms with E-state index < -0.39 is 21.7 Å². The topological polar surface area (TPSA) is 83.5 Å². The molecule has 104 valence electrons. The third kappa shape index (κ3) is 3.08. The molecule has 0 saturated carbocycles. The van der Waals surface area contributed by atoms with E-state index in [-0.39, 0.29) is 16.0 Å². The smallest absolute Gasteiger partial charge is 0.307 e. The first-order chi connectivity index (χ1) is 8.79. The van der Waals surface area contributed by atoms with Crippen molar-refractivity contribution in [2.24, 2.45) is 5.92 Å². The maximum absolute atomic E-state index is 11.4. The number of hydrogen-bond acceptors (Lipinski definition) is 4. The summed E-state index contributed by atoms with van der Waals surface area (Å²) in [5, 5.41) is 12.2. The lowest BCUT2D eigenvalue weighted by atomic mass is 10.0. The predicted molar refractivity (Wildman–Crippen MR) is 71.0 cm³/mol. The maximum atomic E-state index is 11.4. The van der Waals surface area contributed by atoms with E-state index >= 15 is 0 Å². The van der Waals surface area contributed by atoms with Gasteiger partial charge in [-0.1, -0.05) is 17.7 Å². The van der Waals surface area contributed by atoms with Crippen LogP contribution in [0.15, 0.2) is 23.1 Å². The monoisotopic (exact) mass is 303 g/mol. The average molecular weight is 304 g/mol. The molecule has 2 rings (SSSR count). The summed E-state index contributed by atoms with van der Waals surface area (Å²) >= 11 is 5.97. The van der Waals surface area contributed by atoms with Crippen LogP contribution in [0.4, 0.5) is 0 Å². The molecule has 7 heteroatoms. The molecule has 2 unspecified atom stereocenters. The minimum absolute atomic E-state index is 0.0886. The van der Waals surface area contributed by atoms with Gasteiger partial charge in [0, 0.05) is 18.8 Å². The third-order valence-electron chi connectivity index (χ3n) is 3.24. The largest absolute Gasteiger partial charge is 0.481 e. The number of carboxylic acids is 1. The zero-order valence-electron chi connectivity index (χ0n) is 10.3. The molecule has 1 saturated heterocycles. The van der Waals surface area contributed by atoms with Gasteiger partial charge in [0.2, 0.25) is 0 Å². The van der Waals surface area contributed by atoms with Crippen molar-refractivity contribution >= 4 is 27.4 Å². The van der Waals surface area contributed by atoms with E-state index in [9.17, 15) is 13.2 Å². The van der Waals surface area contributed by atoms with Gasteiger partial charge in [-0.25, -0.2) is 8.42 Å².